The minimum absolute atomic E-state index is 0. The summed E-state index contributed by atoms with van der Waals surface area (Å²) in [5.41, 5.74) is 5.69. The molecule has 1 saturated heterocycles. The molecular formula is C20H25ClN6O. The Kier molecular flexibility index (Phi) is 5.23. The Morgan fingerprint density at radius 3 is 2.79 bits per heavy atom. The second kappa shape index (κ2) is 7.66. The van der Waals surface area contributed by atoms with Gasteiger partial charge in [-0.1, -0.05) is 22.9 Å². The van der Waals surface area contributed by atoms with E-state index in [1.54, 1.807) is 0 Å². The van der Waals surface area contributed by atoms with Crippen LogP contribution in [0.15, 0.2) is 28.8 Å². The molecular weight excluding hydrogens is 376 g/mol. The molecule has 0 bridgehead atoms. The largest absolute Gasteiger partial charge is 0.332 e. The predicted octanol–water partition coefficient (Wildman–Crippen LogP) is 2.72. The molecule has 0 amide bonds. The monoisotopic (exact) mass is 400 g/mol. The number of rotatable bonds is 3. The fraction of sp³-hybridized carbons (Fsp3) is 0.450. The van der Waals surface area contributed by atoms with Crippen LogP contribution in [0.25, 0.3) is 17.3 Å². The van der Waals surface area contributed by atoms with Crippen LogP contribution >= 0.6 is 12.4 Å². The van der Waals surface area contributed by atoms with Crippen LogP contribution in [-0.4, -0.2) is 51.5 Å². The molecule has 0 radical (unpaired) electrons. The van der Waals surface area contributed by atoms with E-state index in [2.05, 4.69) is 58.3 Å². The summed E-state index contributed by atoms with van der Waals surface area (Å²) < 4.78 is 7.71. The van der Waals surface area contributed by atoms with Crippen molar-refractivity contribution in [1.29, 1.82) is 0 Å². The van der Waals surface area contributed by atoms with E-state index in [-0.39, 0.29) is 18.4 Å². The first-order valence-corrected chi connectivity index (χ1v) is 9.63. The number of piperazine rings is 1. The van der Waals surface area contributed by atoms with Gasteiger partial charge < -0.3 is 9.84 Å². The third-order valence-corrected chi connectivity index (χ3v) is 5.66. The molecule has 1 aliphatic heterocycles. The van der Waals surface area contributed by atoms with Gasteiger partial charge in [0.1, 0.15) is 0 Å². The summed E-state index contributed by atoms with van der Waals surface area (Å²) in [5, 5.41) is 12.5. The van der Waals surface area contributed by atoms with Crippen molar-refractivity contribution in [1.82, 2.24) is 30.1 Å². The van der Waals surface area contributed by atoms with Gasteiger partial charge in [0.2, 0.25) is 0 Å². The lowest BCUT2D eigenvalue weighted by Crippen LogP contribution is -2.44. The van der Waals surface area contributed by atoms with Crippen molar-refractivity contribution in [2.45, 2.75) is 32.2 Å². The van der Waals surface area contributed by atoms with Gasteiger partial charge in [0, 0.05) is 30.9 Å². The molecule has 0 spiro atoms. The minimum atomic E-state index is 0. The first-order chi connectivity index (χ1) is 13.2. The van der Waals surface area contributed by atoms with E-state index < -0.39 is 0 Å². The first kappa shape index (κ1) is 19.1. The lowest BCUT2D eigenvalue weighted by molar-refractivity contribution is 0.190. The average Bonchev–Trinajstić information content (AvgIpc) is 3.39. The molecule has 1 N–H and O–H groups in total. The Balaban J connectivity index is 0.00000192. The lowest BCUT2D eigenvalue weighted by atomic mass is 10.2. The quantitative estimate of drug-likeness (QED) is 0.728. The SMILES string of the molecule is Cc1ccc(-n2nc(-c3nc(C4CNCCN4C)no3)c3c2CCC3)cc1.Cl. The molecule has 1 unspecified atom stereocenters. The molecule has 3 heterocycles. The Morgan fingerprint density at radius 1 is 1.18 bits per heavy atom. The van der Waals surface area contributed by atoms with Gasteiger partial charge in [0.05, 0.1) is 11.7 Å². The van der Waals surface area contributed by atoms with Gasteiger partial charge in [-0.25, -0.2) is 4.68 Å². The number of benzene rings is 1. The van der Waals surface area contributed by atoms with E-state index in [9.17, 15) is 0 Å². The van der Waals surface area contributed by atoms with Crippen molar-refractivity contribution in [3.63, 3.8) is 0 Å². The van der Waals surface area contributed by atoms with Gasteiger partial charge in [0.15, 0.2) is 11.5 Å². The fourth-order valence-electron chi connectivity index (χ4n) is 4.07. The highest BCUT2D eigenvalue weighted by atomic mass is 35.5. The maximum absolute atomic E-state index is 5.65. The summed E-state index contributed by atoms with van der Waals surface area (Å²) in [5.74, 6) is 1.27. The van der Waals surface area contributed by atoms with Crippen LogP contribution in [0.3, 0.4) is 0 Å². The Hall–Kier alpha value is -2.22. The average molecular weight is 401 g/mol. The molecule has 3 aromatic rings. The van der Waals surface area contributed by atoms with Gasteiger partial charge in [-0.05, 0) is 45.4 Å². The summed E-state index contributed by atoms with van der Waals surface area (Å²) in [4.78, 5) is 6.98. The van der Waals surface area contributed by atoms with Crippen LogP contribution in [0.1, 0.15) is 35.1 Å². The summed E-state index contributed by atoms with van der Waals surface area (Å²) in [7, 11) is 2.10. The van der Waals surface area contributed by atoms with Crippen LogP contribution in [0.5, 0.6) is 0 Å². The number of likely N-dealkylation sites (N-methyl/N-ethyl adjacent to an activating group) is 1. The molecule has 7 nitrogen and oxygen atoms in total. The van der Waals surface area contributed by atoms with E-state index in [0.717, 1.165) is 56.1 Å². The molecule has 2 aliphatic rings. The third kappa shape index (κ3) is 3.23. The first-order valence-electron chi connectivity index (χ1n) is 9.63. The minimum Gasteiger partial charge on any atom is -0.332 e. The third-order valence-electron chi connectivity index (χ3n) is 5.66. The van der Waals surface area contributed by atoms with E-state index in [1.165, 1.54) is 16.8 Å². The van der Waals surface area contributed by atoms with Gasteiger partial charge >= 0.3 is 0 Å². The lowest BCUT2D eigenvalue weighted by Gasteiger charge is -2.30. The molecule has 2 aromatic heterocycles. The molecule has 0 saturated carbocycles. The van der Waals surface area contributed by atoms with Crippen molar-refractivity contribution in [2.24, 2.45) is 0 Å². The molecule has 148 valence electrons. The number of nitrogens with one attached hydrogen (secondary N) is 1. The van der Waals surface area contributed by atoms with Crippen LogP contribution in [0.2, 0.25) is 0 Å². The smallest absolute Gasteiger partial charge is 0.278 e. The molecule has 28 heavy (non-hydrogen) atoms. The second-order valence-corrected chi connectivity index (χ2v) is 7.53. The summed E-state index contributed by atoms with van der Waals surface area (Å²) >= 11 is 0. The molecule has 1 aromatic carbocycles. The number of aromatic nitrogens is 4. The van der Waals surface area contributed by atoms with E-state index in [4.69, 9.17) is 14.6 Å². The maximum Gasteiger partial charge on any atom is 0.278 e. The molecule has 1 atom stereocenters. The molecule has 1 aliphatic carbocycles. The number of aryl methyl sites for hydroxylation is 1. The molecule has 5 rings (SSSR count). The predicted molar refractivity (Wildman–Crippen MR) is 109 cm³/mol. The van der Waals surface area contributed by atoms with Gasteiger partial charge in [-0.2, -0.15) is 10.1 Å². The number of hydrogen-bond acceptors (Lipinski definition) is 6. The summed E-state index contributed by atoms with van der Waals surface area (Å²) in [6.45, 7) is 4.91. The Morgan fingerprint density at radius 2 is 2.00 bits per heavy atom. The van der Waals surface area contributed by atoms with Crippen LogP contribution in [0.4, 0.5) is 0 Å². The number of hydrogen-bond donors (Lipinski definition) is 1. The number of nitrogens with zero attached hydrogens (tertiary/aromatic N) is 5. The zero-order valence-corrected chi connectivity index (χ0v) is 17.0. The highest BCUT2D eigenvalue weighted by Crippen LogP contribution is 2.33. The van der Waals surface area contributed by atoms with Crippen molar-refractivity contribution < 1.29 is 4.52 Å². The van der Waals surface area contributed by atoms with Crippen molar-refractivity contribution in [3.8, 4) is 17.3 Å². The number of halogens is 1. The van der Waals surface area contributed by atoms with Crippen molar-refractivity contribution >= 4 is 12.4 Å². The Labute approximate surface area is 170 Å². The van der Waals surface area contributed by atoms with Gasteiger partial charge in [-0.15, -0.1) is 12.4 Å². The zero-order valence-electron chi connectivity index (χ0n) is 16.2. The van der Waals surface area contributed by atoms with E-state index >= 15 is 0 Å². The van der Waals surface area contributed by atoms with Gasteiger partial charge in [0.25, 0.3) is 5.89 Å². The Bertz CT molecular complexity index is 964. The summed E-state index contributed by atoms with van der Waals surface area (Å²) in [6, 6.07) is 8.62. The van der Waals surface area contributed by atoms with E-state index in [0.29, 0.717) is 5.89 Å². The van der Waals surface area contributed by atoms with E-state index in [1.807, 2.05) is 0 Å². The van der Waals surface area contributed by atoms with Gasteiger partial charge in [-0.3, -0.25) is 4.90 Å². The van der Waals surface area contributed by atoms with Crippen LogP contribution in [0, 0.1) is 6.92 Å². The maximum atomic E-state index is 5.65. The highest BCUT2D eigenvalue weighted by Gasteiger charge is 2.30. The standard InChI is InChI=1S/C20H24N6O.ClH/c1-13-6-8-14(9-7-13)26-16-5-3-4-15(16)18(23-26)20-22-19(24-27-20)17-12-21-10-11-25(17)2;/h6-9,17,21H,3-5,10-12H2,1-2H3;1H. The van der Waals surface area contributed by atoms with Crippen molar-refractivity contribution in [2.75, 3.05) is 26.7 Å². The van der Waals surface area contributed by atoms with Crippen molar-refractivity contribution in [3.05, 3.63) is 46.9 Å². The zero-order chi connectivity index (χ0) is 18.4. The van der Waals surface area contributed by atoms with Crippen LogP contribution in [-0.2, 0) is 12.8 Å². The highest BCUT2D eigenvalue weighted by molar-refractivity contribution is 5.85. The fourth-order valence-corrected chi connectivity index (χ4v) is 4.07. The number of fused-ring (bicyclic) bond motifs is 1. The topological polar surface area (TPSA) is 72.0 Å². The summed E-state index contributed by atoms with van der Waals surface area (Å²) in [6.07, 6.45) is 3.19. The molecule has 8 heteroatoms. The normalized spacial score (nSPS) is 19.4. The molecule has 1 fully saturated rings. The van der Waals surface area contributed by atoms with Crippen LogP contribution < -0.4 is 5.32 Å². The second-order valence-electron chi connectivity index (χ2n) is 7.53.